The molecule has 1 aromatic carbocycles. The van der Waals surface area contributed by atoms with Crippen molar-refractivity contribution >= 4 is 50.9 Å². The van der Waals surface area contributed by atoms with E-state index in [-0.39, 0.29) is 0 Å². The van der Waals surface area contributed by atoms with Gasteiger partial charge in [-0.05, 0) is 82.6 Å². The molecule has 0 spiro atoms. The standard InChI is InChI=1S/C23H39I2N/c1-4-6-8-10-12-14-16-26(17-15-13-11-9-7-5-2)23-18-20(3)21(24)19-22(23)25/h18-19H,4-17H2,1-3H3. The largest absolute Gasteiger partial charge is 0.371 e. The van der Waals surface area contributed by atoms with Crippen molar-refractivity contribution in [3.63, 3.8) is 0 Å². The van der Waals surface area contributed by atoms with Gasteiger partial charge in [0, 0.05) is 20.2 Å². The van der Waals surface area contributed by atoms with Crippen molar-refractivity contribution in [2.75, 3.05) is 18.0 Å². The lowest BCUT2D eigenvalue weighted by Gasteiger charge is -2.27. The normalized spacial score (nSPS) is 11.1. The number of hydrogen-bond acceptors (Lipinski definition) is 1. The highest BCUT2D eigenvalue weighted by molar-refractivity contribution is 14.1. The van der Waals surface area contributed by atoms with Crippen LogP contribution in [0.1, 0.15) is 96.5 Å². The summed E-state index contributed by atoms with van der Waals surface area (Å²) in [6.07, 6.45) is 16.5. The Morgan fingerprint density at radius 2 is 1.12 bits per heavy atom. The van der Waals surface area contributed by atoms with Crippen LogP contribution in [0.5, 0.6) is 0 Å². The lowest BCUT2D eigenvalue weighted by molar-refractivity contribution is 0.574. The average molecular weight is 583 g/mol. The highest BCUT2D eigenvalue weighted by atomic mass is 127. The smallest absolute Gasteiger partial charge is 0.0505 e. The Morgan fingerprint density at radius 3 is 1.62 bits per heavy atom. The highest BCUT2D eigenvalue weighted by Gasteiger charge is 2.12. The topological polar surface area (TPSA) is 3.24 Å². The first-order valence-electron chi connectivity index (χ1n) is 10.8. The molecule has 1 nitrogen and oxygen atoms in total. The molecule has 3 heteroatoms. The molecule has 1 aromatic rings. The summed E-state index contributed by atoms with van der Waals surface area (Å²) >= 11 is 4.99. The van der Waals surface area contributed by atoms with Gasteiger partial charge in [0.2, 0.25) is 0 Å². The van der Waals surface area contributed by atoms with Crippen molar-refractivity contribution in [3.05, 3.63) is 24.8 Å². The first-order chi connectivity index (χ1) is 12.6. The van der Waals surface area contributed by atoms with Crippen molar-refractivity contribution < 1.29 is 0 Å². The molecule has 0 atom stereocenters. The molecule has 0 heterocycles. The Kier molecular flexibility index (Phi) is 14.5. The molecule has 1 rings (SSSR count). The second-order valence-electron chi connectivity index (χ2n) is 7.58. The maximum Gasteiger partial charge on any atom is 0.0505 e. The number of aryl methyl sites for hydroxylation is 1. The van der Waals surface area contributed by atoms with Crippen LogP contribution in [0.25, 0.3) is 0 Å². The van der Waals surface area contributed by atoms with Gasteiger partial charge in [-0.1, -0.05) is 78.1 Å². The molecule has 150 valence electrons. The lowest BCUT2D eigenvalue weighted by Crippen LogP contribution is -2.26. The van der Waals surface area contributed by atoms with Crippen LogP contribution in [0.3, 0.4) is 0 Å². The Balaban J connectivity index is 2.56. The van der Waals surface area contributed by atoms with E-state index in [1.807, 2.05) is 0 Å². The van der Waals surface area contributed by atoms with E-state index in [9.17, 15) is 0 Å². The fourth-order valence-corrected chi connectivity index (χ4v) is 5.27. The Hall–Kier alpha value is 0.480. The van der Waals surface area contributed by atoms with E-state index < -0.39 is 0 Å². The minimum Gasteiger partial charge on any atom is -0.371 e. The van der Waals surface area contributed by atoms with Gasteiger partial charge in [-0.15, -0.1) is 0 Å². The molecule has 0 amide bonds. The number of nitrogens with zero attached hydrogens (tertiary/aromatic N) is 1. The summed E-state index contributed by atoms with van der Waals surface area (Å²) in [5.74, 6) is 0. The SMILES string of the molecule is CCCCCCCCN(CCCCCCCC)c1cc(C)c(I)cc1I. The Morgan fingerprint density at radius 1 is 0.654 bits per heavy atom. The van der Waals surface area contributed by atoms with Crippen molar-refractivity contribution in [1.29, 1.82) is 0 Å². The van der Waals surface area contributed by atoms with Crippen molar-refractivity contribution in [2.45, 2.75) is 97.8 Å². The van der Waals surface area contributed by atoms with E-state index >= 15 is 0 Å². The molecular weight excluding hydrogens is 544 g/mol. The second-order valence-corrected chi connectivity index (χ2v) is 9.90. The van der Waals surface area contributed by atoms with Crippen molar-refractivity contribution in [1.82, 2.24) is 0 Å². The van der Waals surface area contributed by atoms with Crippen LogP contribution in [-0.2, 0) is 0 Å². The van der Waals surface area contributed by atoms with Crippen LogP contribution >= 0.6 is 45.2 Å². The molecule has 0 aromatic heterocycles. The van der Waals surface area contributed by atoms with Gasteiger partial charge in [0.05, 0.1) is 5.69 Å². The fourth-order valence-electron chi connectivity index (χ4n) is 3.40. The maximum absolute atomic E-state index is 2.67. The first-order valence-corrected chi connectivity index (χ1v) is 13.0. The second kappa shape index (κ2) is 15.4. The van der Waals surface area contributed by atoms with Gasteiger partial charge in [0.25, 0.3) is 0 Å². The summed E-state index contributed by atoms with van der Waals surface area (Å²) in [6, 6.07) is 4.76. The maximum atomic E-state index is 2.67. The summed E-state index contributed by atoms with van der Waals surface area (Å²) < 4.78 is 2.80. The predicted molar refractivity (Wildman–Crippen MR) is 136 cm³/mol. The number of halogens is 2. The van der Waals surface area contributed by atoms with Gasteiger partial charge in [-0.2, -0.15) is 0 Å². The summed E-state index contributed by atoms with van der Waals surface area (Å²) in [4.78, 5) is 2.67. The fraction of sp³-hybridized carbons (Fsp3) is 0.739. The van der Waals surface area contributed by atoms with Crippen LogP contribution in [0.2, 0.25) is 0 Å². The van der Waals surface area contributed by atoms with E-state index in [4.69, 9.17) is 0 Å². The molecule has 0 saturated carbocycles. The van der Waals surface area contributed by atoms with Gasteiger partial charge in [0.1, 0.15) is 0 Å². The molecule has 0 fully saturated rings. The molecule has 0 bridgehead atoms. The summed E-state index contributed by atoms with van der Waals surface area (Å²) in [5, 5.41) is 0. The molecule has 0 saturated heterocycles. The number of unbranched alkanes of at least 4 members (excludes halogenated alkanes) is 10. The minimum atomic E-state index is 1.22. The molecular formula is C23H39I2N. The van der Waals surface area contributed by atoms with Gasteiger partial charge in [0.15, 0.2) is 0 Å². The zero-order valence-corrected chi connectivity index (χ0v) is 21.6. The summed E-state index contributed by atoms with van der Waals surface area (Å²) in [6.45, 7) is 9.27. The number of hydrogen-bond donors (Lipinski definition) is 0. The lowest BCUT2D eigenvalue weighted by atomic mass is 10.1. The van der Waals surface area contributed by atoms with E-state index in [1.54, 1.807) is 0 Å². The van der Waals surface area contributed by atoms with Crippen molar-refractivity contribution in [3.8, 4) is 0 Å². The first kappa shape index (κ1) is 24.5. The van der Waals surface area contributed by atoms with Crippen LogP contribution in [-0.4, -0.2) is 13.1 Å². The molecule has 0 aliphatic carbocycles. The van der Waals surface area contributed by atoms with Crippen LogP contribution in [0.15, 0.2) is 12.1 Å². The highest BCUT2D eigenvalue weighted by Crippen LogP contribution is 2.28. The quantitative estimate of drug-likeness (QED) is 0.148. The molecule has 0 unspecified atom stereocenters. The van der Waals surface area contributed by atoms with E-state index in [2.05, 4.69) is 83.0 Å². The van der Waals surface area contributed by atoms with Gasteiger partial charge >= 0.3 is 0 Å². The van der Waals surface area contributed by atoms with Gasteiger partial charge in [-0.3, -0.25) is 0 Å². The summed E-state index contributed by atoms with van der Waals surface area (Å²) in [5.41, 5.74) is 2.88. The zero-order chi connectivity index (χ0) is 19.2. The number of anilines is 1. The third-order valence-electron chi connectivity index (χ3n) is 5.13. The third kappa shape index (κ3) is 10.1. The molecule has 0 aliphatic rings. The number of benzene rings is 1. The van der Waals surface area contributed by atoms with E-state index in [1.165, 1.54) is 109 Å². The van der Waals surface area contributed by atoms with E-state index in [0.717, 1.165) is 0 Å². The third-order valence-corrected chi connectivity index (χ3v) is 7.16. The van der Waals surface area contributed by atoms with E-state index in [0.29, 0.717) is 0 Å². The molecule has 0 radical (unpaired) electrons. The van der Waals surface area contributed by atoms with Crippen LogP contribution in [0, 0.1) is 14.1 Å². The molecule has 0 N–H and O–H groups in total. The Bertz CT molecular complexity index is 471. The zero-order valence-electron chi connectivity index (χ0n) is 17.3. The van der Waals surface area contributed by atoms with Gasteiger partial charge in [-0.25, -0.2) is 0 Å². The van der Waals surface area contributed by atoms with Crippen molar-refractivity contribution in [2.24, 2.45) is 0 Å². The molecule has 26 heavy (non-hydrogen) atoms. The predicted octanol–water partition coefficient (Wildman–Crippen LogP) is 8.73. The van der Waals surface area contributed by atoms with Crippen LogP contribution < -0.4 is 4.90 Å². The minimum absolute atomic E-state index is 1.22. The van der Waals surface area contributed by atoms with Crippen LogP contribution in [0.4, 0.5) is 5.69 Å². The monoisotopic (exact) mass is 583 g/mol. The average Bonchev–Trinajstić information content (AvgIpc) is 2.62. The Labute approximate surface area is 190 Å². The van der Waals surface area contributed by atoms with Gasteiger partial charge < -0.3 is 4.90 Å². The summed E-state index contributed by atoms with van der Waals surface area (Å²) in [7, 11) is 0. The number of rotatable bonds is 15. The molecule has 0 aliphatic heterocycles.